The lowest BCUT2D eigenvalue weighted by Gasteiger charge is -2.15. The first-order chi connectivity index (χ1) is 7.97. The van der Waals surface area contributed by atoms with Gasteiger partial charge in [-0.1, -0.05) is 25.5 Å². The SMILES string of the molecule is CCC=C1CC1C.O=C(O)C1=C(C(=O)O)CC1. The van der Waals surface area contributed by atoms with Crippen LogP contribution in [0.5, 0.6) is 0 Å². The first kappa shape index (κ1) is 13.5. The molecule has 1 unspecified atom stereocenters. The minimum absolute atomic E-state index is 0.0486. The number of hydrogen-bond acceptors (Lipinski definition) is 2. The van der Waals surface area contributed by atoms with Gasteiger partial charge in [0.2, 0.25) is 0 Å². The summed E-state index contributed by atoms with van der Waals surface area (Å²) in [5, 5.41) is 16.7. The Kier molecular flexibility index (Phi) is 4.49. The van der Waals surface area contributed by atoms with Crippen molar-refractivity contribution in [1.29, 1.82) is 0 Å². The average Bonchev–Trinajstić information content (AvgIpc) is 2.79. The van der Waals surface area contributed by atoms with Gasteiger partial charge >= 0.3 is 11.9 Å². The average molecular weight is 238 g/mol. The van der Waals surface area contributed by atoms with Gasteiger partial charge in [0.15, 0.2) is 0 Å². The summed E-state index contributed by atoms with van der Waals surface area (Å²) in [6.07, 6.45) is 5.70. The number of carboxylic acid groups (broad SMARTS) is 2. The van der Waals surface area contributed by atoms with E-state index in [-0.39, 0.29) is 11.1 Å². The summed E-state index contributed by atoms with van der Waals surface area (Å²) in [5.41, 5.74) is 1.77. The molecule has 0 aromatic heterocycles. The van der Waals surface area contributed by atoms with Crippen LogP contribution >= 0.6 is 0 Å². The molecule has 0 heterocycles. The monoisotopic (exact) mass is 238 g/mol. The second-order valence-corrected chi connectivity index (χ2v) is 4.36. The van der Waals surface area contributed by atoms with E-state index in [0.717, 1.165) is 5.92 Å². The lowest BCUT2D eigenvalue weighted by Crippen LogP contribution is -2.18. The zero-order valence-electron chi connectivity index (χ0n) is 10.2. The van der Waals surface area contributed by atoms with Gasteiger partial charge in [0.1, 0.15) is 0 Å². The number of rotatable bonds is 3. The minimum atomic E-state index is -1.11. The second kappa shape index (κ2) is 5.66. The largest absolute Gasteiger partial charge is 0.478 e. The van der Waals surface area contributed by atoms with Gasteiger partial charge < -0.3 is 10.2 Å². The lowest BCUT2D eigenvalue weighted by molar-refractivity contribution is -0.137. The first-order valence-electron chi connectivity index (χ1n) is 5.84. The molecule has 0 spiro atoms. The molecule has 94 valence electrons. The summed E-state index contributed by atoms with van der Waals surface area (Å²) in [5.74, 6) is -1.28. The van der Waals surface area contributed by atoms with Crippen molar-refractivity contribution in [2.45, 2.75) is 39.5 Å². The molecular formula is C13H18O4. The number of hydrogen-bond donors (Lipinski definition) is 2. The highest BCUT2D eigenvalue weighted by Crippen LogP contribution is 2.36. The maximum absolute atomic E-state index is 10.2. The van der Waals surface area contributed by atoms with E-state index in [1.807, 2.05) is 0 Å². The van der Waals surface area contributed by atoms with Crippen LogP contribution in [0.1, 0.15) is 39.5 Å². The van der Waals surface area contributed by atoms with E-state index in [2.05, 4.69) is 19.9 Å². The predicted molar refractivity (Wildman–Crippen MR) is 63.7 cm³/mol. The Morgan fingerprint density at radius 3 is 1.76 bits per heavy atom. The third-order valence-electron chi connectivity index (χ3n) is 2.99. The Labute approximate surface area is 101 Å². The van der Waals surface area contributed by atoms with E-state index in [4.69, 9.17) is 10.2 Å². The Hall–Kier alpha value is -1.58. The highest BCUT2D eigenvalue weighted by atomic mass is 16.4. The van der Waals surface area contributed by atoms with Crippen LogP contribution in [0.4, 0.5) is 0 Å². The van der Waals surface area contributed by atoms with E-state index in [1.165, 1.54) is 12.8 Å². The van der Waals surface area contributed by atoms with Crippen LogP contribution in [0.15, 0.2) is 22.8 Å². The normalized spacial score (nSPS) is 23.6. The van der Waals surface area contributed by atoms with Gasteiger partial charge in [-0.3, -0.25) is 0 Å². The van der Waals surface area contributed by atoms with Gasteiger partial charge in [-0.2, -0.15) is 0 Å². The van der Waals surface area contributed by atoms with Gasteiger partial charge in [-0.05, 0) is 31.6 Å². The Balaban J connectivity index is 0.000000181. The van der Waals surface area contributed by atoms with Crippen molar-refractivity contribution in [3.63, 3.8) is 0 Å². The third kappa shape index (κ3) is 3.73. The van der Waals surface area contributed by atoms with Crippen molar-refractivity contribution in [3.8, 4) is 0 Å². The zero-order chi connectivity index (χ0) is 13.0. The molecule has 0 saturated heterocycles. The molecule has 4 nitrogen and oxygen atoms in total. The van der Waals surface area contributed by atoms with Crippen molar-refractivity contribution in [3.05, 3.63) is 22.8 Å². The molecule has 1 saturated carbocycles. The molecule has 2 aliphatic carbocycles. The van der Waals surface area contributed by atoms with E-state index in [0.29, 0.717) is 12.8 Å². The summed E-state index contributed by atoms with van der Waals surface area (Å²) in [4.78, 5) is 20.4. The molecule has 0 aromatic carbocycles. The van der Waals surface area contributed by atoms with Crippen molar-refractivity contribution < 1.29 is 19.8 Å². The quantitative estimate of drug-likeness (QED) is 0.741. The highest BCUT2D eigenvalue weighted by Gasteiger charge is 2.27. The Bertz CT molecular complexity index is 366. The first-order valence-corrected chi connectivity index (χ1v) is 5.84. The summed E-state index contributed by atoms with van der Waals surface area (Å²) < 4.78 is 0. The molecule has 4 heteroatoms. The Morgan fingerprint density at radius 1 is 1.24 bits per heavy atom. The van der Waals surface area contributed by atoms with Crippen molar-refractivity contribution in [2.75, 3.05) is 0 Å². The molecular weight excluding hydrogens is 220 g/mol. The van der Waals surface area contributed by atoms with E-state index < -0.39 is 11.9 Å². The number of aliphatic carboxylic acids is 2. The summed E-state index contributed by atoms with van der Waals surface area (Å²) in [6, 6.07) is 0. The topological polar surface area (TPSA) is 74.6 Å². The molecule has 0 radical (unpaired) electrons. The second-order valence-electron chi connectivity index (χ2n) is 4.36. The van der Waals surface area contributed by atoms with Crippen molar-refractivity contribution in [1.82, 2.24) is 0 Å². The van der Waals surface area contributed by atoms with Crippen LogP contribution < -0.4 is 0 Å². The van der Waals surface area contributed by atoms with Crippen LogP contribution in [0, 0.1) is 5.92 Å². The number of carboxylic acids is 2. The van der Waals surface area contributed by atoms with E-state index in [1.54, 1.807) is 5.57 Å². The molecule has 0 aliphatic heterocycles. The summed E-state index contributed by atoms with van der Waals surface area (Å²) in [6.45, 7) is 4.47. The molecule has 17 heavy (non-hydrogen) atoms. The molecule has 1 atom stereocenters. The molecule has 0 bridgehead atoms. The smallest absolute Gasteiger partial charge is 0.332 e. The van der Waals surface area contributed by atoms with Gasteiger partial charge in [0, 0.05) is 11.1 Å². The van der Waals surface area contributed by atoms with E-state index >= 15 is 0 Å². The molecule has 0 amide bonds. The predicted octanol–water partition coefficient (Wildman–Crippen LogP) is 2.61. The van der Waals surface area contributed by atoms with Crippen LogP contribution in [-0.4, -0.2) is 22.2 Å². The maximum Gasteiger partial charge on any atom is 0.332 e. The third-order valence-corrected chi connectivity index (χ3v) is 2.99. The molecule has 2 N–H and O–H groups in total. The van der Waals surface area contributed by atoms with Crippen molar-refractivity contribution >= 4 is 11.9 Å². The molecule has 0 aromatic rings. The van der Waals surface area contributed by atoms with Gasteiger partial charge in [0.05, 0.1) is 0 Å². The maximum atomic E-state index is 10.2. The van der Waals surface area contributed by atoms with Gasteiger partial charge in [-0.15, -0.1) is 0 Å². The Morgan fingerprint density at radius 2 is 1.65 bits per heavy atom. The van der Waals surface area contributed by atoms with Crippen LogP contribution in [0.25, 0.3) is 0 Å². The number of carbonyl (C=O) groups is 2. The van der Waals surface area contributed by atoms with Gasteiger partial charge in [-0.25, -0.2) is 9.59 Å². The zero-order valence-corrected chi connectivity index (χ0v) is 10.2. The molecule has 1 fully saturated rings. The standard InChI is InChI=1S/C7H12.C6H6O4/c1-3-4-7-5-6(7)2;7-5(8)3-1-2-4(3)6(9)10/h4,6H,3,5H2,1-2H3;1-2H2,(H,7,8)(H,9,10). The van der Waals surface area contributed by atoms with Gasteiger partial charge in [0.25, 0.3) is 0 Å². The highest BCUT2D eigenvalue weighted by molar-refractivity contribution is 6.01. The number of allylic oxidation sites excluding steroid dienone is 2. The fourth-order valence-corrected chi connectivity index (χ4v) is 1.69. The van der Waals surface area contributed by atoms with Crippen molar-refractivity contribution in [2.24, 2.45) is 5.92 Å². The summed E-state index contributed by atoms with van der Waals surface area (Å²) in [7, 11) is 0. The van der Waals surface area contributed by atoms with Crippen LogP contribution in [0.2, 0.25) is 0 Å². The minimum Gasteiger partial charge on any atom is -0.478 e. The fourth-order valence-electron chi connectivity index (χ4n) is 1.69. The van der Waals surface area contributed by atoms with Crippen LogP contribution in [0.3, 0.4) is 0 Å². The molecule has 2 rings (SSSR count). The lowest BCUT2D eigenvalue weighted by atomic mass is 9.89. The van der Waals surface area contributed by atoms with E-state index in [9.17, 15) is 9.59 Å². The fraction of sp³-hybridized carbons (Fsp3) is 0.538. The summed E-state index contributed by atoms with van der Waals surface area (Å²) >= 11 is 0. The van der Waals surface area contributed by atoms with Crippen LogP contribution in [-0.2, 0) is 9.59 Å². The molecule has 2 aliphatic rings.